The van der Waals surface area contributed by atoms with Crippen LogP contribution in [-0.4, -0.2) is 5.11 Å². The van der Waals surface area contributed by atoms with Gasteiger partial charge in [0, 0.05) is 13.8 Å². The molecular formula is C16H13IOS. The van der Waals surface area contributed by atoms with Gasteiger partial charge in [-0.05, 0) is 57.5 Å². The third-order valence-electron chi connectivity index (χ3n) is 3.32. The van der Waals surface area contributed by atoms with Gasteiger partial charge < -0.3 is 5.11 Å². The second-order valence-electron chi connectivity index (χ2n) is 4.57. The zero-order chi connectivity index (χ0) is 13.4. The minimum Gasteiger partial charge on any atom is -0.384 e. The summed E-state index contributed by atoms with van der Waals surface area (Å²) in [5.41, 5.74) is 3.20. The van der Waals surface area contributed by atoms with E-state index in [0.29, 0.717) is 0 Å². The van der Waals surface area contributed by atoms with E-state index in [9.17, 15) is 5.11 Å². The van der Waals surface area contributed by atoms with E-state index in [1.54, 1.807) is 11.3 Å². The van der Waals surface area contributed by atoms with E-state index in [1.165, 1.54) is 10.3 Å². The van der Waals surface area contributed by atoms with Gasteiger partial charge in [-0.15, -0.1) is 11.3 Å². The summed E-state index contributed by atoms with van der Waals surface area (Å²) in [6.07, 6.45) is -0.553. The maximum Gasteiger partial charge on any atom is 0.106 e. The van der Waals surface area contributed by atoms with Crippen LogP contribution in [0.2, 0.25) is 0 Å². The van der Waals surface area contributed by atoms with Crippen LogP contribution in [0.3, 0.4) is 0 Å². The van der Waals surface area contributed by atoms with Crippen molar-refractivity contribution >= 4 is 44.0 Å². The Balaban J connectivity index is 2.13. The lowest BCUT2D eigenvalue weighted by Gasteiger charge is -2.14. The Hall–Kier alpha value is -0.910. The molecule has 1 N–H and O–H groups in total. The van der Waals surface area contributed by atoms with Crippen molar-refractivity contribution in [3.8, 4) is 0 Å². The number of aliphatic hydroxyl groups excluding tert-OH is 1. The van der Waals surface area contributed by atoms with Crippen LogP contribution in [-0.2, 0) is 0 Å². The summed E-state index contributed by atoms with van der Waals surface area (Å²) >= 11 is 4.00. The fourth-order valence-corrected chi connectivity index (χ4v) is 3.89. The van der Waals surface area contributed by atoms with Crippen LogP contribution in [0.4, 0.5) is 0 Å². The van der Waals surface area contributed by atoms with Crippen molar-refractivity contribution in [1.29, 1.82) is 0 Å². The Kier molecular flexibility index (Phi) is 3.60. The third-order valence-corrected chi connectivity index (χ3v) is 5.78. The number of halogens is 1. The first-order chi connectivity index (χ1) is 9.18. The molecule has 1 nitrogen and oxygen atoms in total. The van der Waals surface area contributed by atoms with Crippen molar-refractivity contribution in [1.82, 2.24) is 0 Å². The summed E-state index contributed by atoms with van der Waals surface area (Å²) in [7, 11) is 0. The van der Waals surface area contributed by atoms with Gasteiger partial charge in [-0.1, -0.05) is 36.4 Å². The van der Waals surface area contributed by atoms with Gasteiger partial charge in [0.15, 0.2) is 0 Å². The first-order valence-corrected chi connectivity index (χ1v) is 8.03. The zero-order valence-electron chi connectivity index (χ0n) is 10.4. The van der Waals surface area contributed by atoms with Crippen molar-refractivity contribution in [3.63, 3.8) is 0 Å². The van der Waals surface area contributed by atoms with Gasteiger partial charge in [-0.3, -0.25) is 0 Å². The highest BCUT2D eigenvalue weighted by molar-refractivity contribution is 14.1. The quantitative estimate of drug-likeness (QED) is 0.628. The van der Waals surface area contributed by atoms with Crippen LogP contribution in [0, 0.1) is 10.5 Å². The predicted molar refractivity (Wildman–Crippen MR) is 89.8 cm³/mol. The smallest absolute Gasteiger partial charge is 0.106 e. The summed E-state index contributed by atoms with van der Waals surface area (Å²) in [6, 6.07) is 14.3. The molecule has 0 saturated heterocycles. The molecule has 0 fully saturated rings. The molecule has 3 heteroatoms. The van der Waals surface area contributed by atoms with E-state index in [-0.39, 0.29) is 0 Å². The molecule has 1 atom stereocenters. The molecule has 0 aliphatic rings. The largest absolute Gasteiger partial charge is 0.384 e. The molecule has 0 spiro atoms. The molecule has 96 valence electrons. The first-order valence-electron chi connectivity index (χ1n) is 6.07. The fourth-order valence-electron chi connectivity index (χ4n) is 2.26. The van der Waals surface area contributed by atoms with Crippen LogP contribution in [0.25, 0.3) is 10.1 Å². The number of thiophene rings is 1. The first kappa shape index (κ1) is 13.1. The highest BCUT2D eigenvalue weighted by Crippen LogP contribution is 2.35. The Morgan fingerprint density at radius 2 is 1.84 bits per heavy atom. The molecule has 1 aromatic heterocycles. The summed E-state index contributed by atoms with van der Waals surface area (Å²) in [5, 5.41) is 13.9. The Labute approximate surface area is 130 Å². The summed E-state index contributed by atoms with van der Waals surface area (Å²) in [5.74, 6) is 0. The monoisotopic (exact) mass is 380 g/mol. The van der Waals surface area contributed by atoms with E-state index < -0.39 is 6.10 Å². The number of rotatable bonds is 2. The molecule has 1 unspecified atom stereocenters. The standard InChI is InChI=1S/C16H13IOS/c1-10-5-4-7-12(15(10)17)16(18)13-9-19-14-8-3-2-6-11(13)14/h2-9,16,18H,1H3. The maximum absolute atomic E-state index is 10.7. The number of aliphatic hydroxyl groups is 1. The number of fused-ring (bicyclic) bond motifs is 1. The topological polar surface area (TPSA) is 20.2 Å². The van der Waals surface area contributed by atoms with E-state index in [2.05, 4.69) is 53.1 Å². The fraction of sp³-hybridized carbons (Fsp3) is 0.125. The van der Waals surface area contributed by atoms with Gasteiger partial charge in [0.25, 0.3) is 0 Å². The minimum atomic E-state index is -0.553. The summed E-state index contributed by atoms with van der Waals surface area (Å²) < 4.78 is 2.36. The molecule has 0 aliphatic heterocycles. The Morgan fingerprint density at radius 3 is 2.68 bits per heavy atom. The van der Waals surface area contributed by atoms with Crippen molar-refractivity contribution in [2.45, 2.75) is 13.0 Å². The highest BCUT2D eigenvalue weighted by atomic mass is 127. The van der Waals surface area contributed by atoms with Gasteiger partial charge in [0.2, 0.25) is 0 Å². The minimum absolute atomic E-state index is 0.553. The van der Waals surface area contributed by atoms with E-state index in [0.717, 1.165) is 20.1 Å². The molecule has 0 radical (unpaired) electrons. The van der Waals surface area contributed by atoms with Gasteiger partial charge in [-0.2, -0.15) is 0 Å². The molecule has 19 heavy (non-hydrogen) atoms. The molecule has 0 bridgehead atoms. The lowest BCUT2D eigenvalue weighted by molar-refractivity contribution is 0.221. The highest BCUT2D eigenvalue weighted by Gasteiger charge is 2.17. The Morgan fingerprint density at radius 1 is 1.05 bits per heavy atom. The van der Waals surface area contributed by atoms with E-state index in [1.807, 2.05) is 24.3 Å². The number of hydrogen-bond donors (Lipinski definition) is 1. The zero-order valence-corrected chi connectivity index (χ0v) is 13.4. The van der Waals surface area contributed by atoms with E-state index in [4.69, 9.17) is 0 Å². The molecule has 0 amide bonds. The second kappa shape index (κ2) is 5.23. The molecule has 1 heterocycles. The average molecular weight is 380 g/mol. The Bertz CT molecular complexity index is 732. The van der Waals surface area contributed by atoms with Crippen LogP contribution in [0.5, 0.6) is 0 Å². The van der Waals surface area contributed by atoms with Crippen LogP contribution >= 0.6 is 33.9 Å². The predicted octanol–water partition coefficient (Wildman–Crippen LogP) is 4.90. The van der Waals surface area contributed by atoms with Crippen molar-refractivity contribution < 1.29 is 5.11 Å². The van der Waals surface area contributed by atoms with Crippen molar-refractivity contribution in [2.75, 3.05) is 0 Å². The number of hydrogen-bond acceptors (Lipinski definition) is 2. The summed E-state index contributed by atoms with van der Waals surface area (Å²) in [4.78, 5) is 0. The van der Waals surface area contributed by atoms with Gasteiger partial charge in [0.05, 0.1) is 0 Å². The van der Waals surface area contributed by atoms with Gasteiger partial charge in [0.1, 0.15) is 6.10 Å². The lowest BCUT2D eigenvalue weighted by Crippen LogP contribution is -2.02. The van der Waals surface area contributed by atoms with Crippen molar-refractivity contribution in [3.05, 3.63) is 68.1 Å². The molecule has 0 aliphatic carbocycles. The van der Waals surface area contributed by atoms with Gasteiger partial charge >= 0.3 is 0 Å². The number of aryl methyl sites for hydroxylation is 1. The average Bonchev–Trinajstić information content (AvgIpc) is 2.85. The van der Waals surface area contributed by atoms with Crippen LogP contribution in [0.1, 0.15) is 22.8 Å². The third kappa shape index (κ3) is 2.30. The molecule has 3 rings (SSSR count). The lowest BCUT2D eigenvalue weighted by atomic mass is 9.99. The molecule has 0 saturated carbocycles. The maximum atomic E-state index is 10.7. The molecule has 2 aromatic carbocycles. The van der Waals surface area contributed by atoms with Crippen LogP contribution in [0.15, 0.2) is 47.8 Å². The van der Waals surface area contributed by atoms with Crippen LogP contribution < -0.4 is 0 Å². The molecule has 3 aromatic rings. The second-order valence-corrected chi connectivity index (χ2v) is 6.56. The normalized spacial score (nSPS) is 12.8. The van der Waals surface area contributed by atoms with Gasteiger partial charge in [-0.25, -0.2) is 0 Å². The van der Waals surface area contributed by atoms with Crippen molar-refractivity contribution in [2.24, 2.45) is 0 Å². The molecular weight excluding hydrogens is 367 g/mol. The number of benzene rings is 2. The van der Waals surface area contributed by atoms with E-state index >= 15 is 0 Å². The summed E-state index contributed by atoms with van der Waals surface area (Å²) in [6.45, 7) is 2.07. The SMILES string of the molecule is Cc1cccc(C(O)c2csc3ccccc23)c1I.